The standard InChI is InChI=1S/C27H34N4O7S.C23H23NO5S/c1-15(32)20(28)6-7-22(33)30-21(27(37)29-12-23(34)35)14-39-13-17-11-24(36)38-26-18-5-3-9-31-8-2-4-16(25(18)31)10-19(17)26;1-15-6-8-18(9-7-15)30(26,27)28-14-17-13-21(25)29-23-19-5-3-11-24-10-2-4-16(22(19)24)12-20(17)23/h10-11,20-21H,2-9,12-14,28H2,1H3,(H,29,37)(H,30,33)(H,34,35);6-9,12-13H,2-5,10-11,14H2,1H3/t20-,21-;/m1./s1. The van der Waals surface area contributed by atoms with Gasteiger partial charge in [-0.25, -0.2) is 9.59 Å². The van der Waals surface area contributed by atoms with Crippen LogP contribution in [0.3, 0.4) is 0 Å². The molecule has 2 amide bonds. The Balaban J connectivity index is 0.000000192. The van der Waals surface area contributed by atoms with Crippen molar-refractivity contribution < 1.29 is 45.7 Å². The fraction of sp³-hybridized carbons (Fsp3) is 0.440. The van der Waals surface area contributed by atoms with Crippen LogP contribution in [0, 0.1) is 6.92 Å². The van der Waals surface area contributed by atoms with Gasteiger partial charge in [0, 0.05) is 89.5 Å². The normalized spacial score (nSPS) is 15.9. The molecule has 19 heteroatoms. The zero-order chi connectivity index (χ0) is 49.0. The van der Waals surface area contributed by atoms with Gasteiger partial charge in [-0.1, -0.05) is 17.7 Å². The van der Waals surface area contributed by atoms with E-state index in [1.807, 2.05) is 13.0 Å². The SMILES string of the molecule is CC(=O)[C@H](N)CCC(=O)N[C@H](CSCc1cc(=O)oc2c3c4c(cc12)CCCN4CCC3)C(=O)NCC(=O)O.Cc1ccc(S(=O)(=O)OCc2cc(=O)oc3c4c5c(cc23)CCCN5CCC4)cc1. The molecule has 0 aliphatic carbocycles. The molecule has 0 saturated carbocycles. The maximum Gasteiger partial charge on any atom is 0.336 e. The first kappa shape index (κ1) is 49.4. The lowest BCUT2D eigenvalue weighted by atomic mass is 9.89. The predicted octanol–water partition coefficient (Wildman–Crippen LogP) is 4.81. The van der Waals surface area contributed by atoms with Crippen LogP contribution < -0.4 is 37.4 Å². The molecule has 9 rings (SSSR count). The number of thioether (sulfide) groups is 1. The first-order valence-corrected chi connectivity index (χ1v) is 25.9. The lowest BCUT2D eigenvalue weighted by molar-refractivity contribution is -0.138. The van der Waals surface area contributed by atoms with Gasteiger partial charge in [-0.2, -0.15) is 20.2 Å². The van der Waals surface area contributed by atoms with E-state index in [2.05, 4.69) is 26.5 Å². The summed E-state index contributed by atoms with van der Waals surface area (Å²) in [6, 6.07) is 11.7. The highest BCUT2D eigenvalue weighted by Crippen LogP contribution is 2.42. The van der Waals surface area contributed by atoms with Crippen molar-refractivity contribution in [1.82, 2.24) is 10.6 Å². The second kappa shape index (κ2) is 21.3. The summed E-state index contributed by atoms with van der Waals surface area (Å²) in [6.07, 6.45) is 7.88. The topological polar surface area (TPSA) is 249 Å². The molecule has 0 saturated heterocycles. The van der Waals surface area contributed by atoms with Crippen LogP contribution >= 0.6 is 11.8 Å². The minimum Gasteiger partial charge on any atom is -0.480 e. The molecule has 3 aromatic carbocycles. The van der Waals surface area contributed by atoms with E-state index in [1.165, 1.54) is 65.5 Å². The number of aliphatic carboxylic acids is 1. The minimum absolute atomic E-state index is 0.0522. The highest BCUT2D eigenvalue weighted by atomic mass is 32.2. The minimum atomic E-state index is -3.93. The molecule has 6 heterocycles. The number of amides is 2. The Kier molecular flexibility index (Phi) is 15.3. The molecular weight excluding hydrogens is 927 g/mol. The largest absolute Gasteiger partial charge is 0.480 e. The maximum atomic E-state index is 12.7. The Hall–Kier alpha value is -6.02. The number of ketones is 1. The molecule has 4 aliphatic heterocycles. The van der Waals surface area contributed by atoms with Crippen molar-refractivity contribution in [2.24, 2.45) is 5.73 Å². The van der Waals surface area contributed by atoms with E-state index < -0.39 is 57.8 Å². The fourth-order valence-corrected chi connectivity index (χ4v) is 11.7. The second-order valence-electron chi connectivity index (χ2n) is 18.1. The number of carbonyl (C=O) groups excluding carboxylic acids is 3. The Morgan fingerprint density at radius 1 is 0.812 bits per heavy atom. The Labute approximate surface area is 403 Å². The van der Waals surface area contributed by atoms with Crippen molar-refractivity contribution in [3.8, 4) is 0 Å². The Morgan fingerprint density at radius 2 is 1.35 bits per heavy atom. The van der Waals surface area contributed by atoms with E-state index in [0.717, 1.165) is 111 Å². The lowest BCUT2D eigenvalue weighted by Gasteiger charge is -2.37. The van der Waals surface area contributed by atoms with Gasteiger partial charge in [-0.05, 0) is 118 Å². The van der Waals surface area contributed by atoms with Gasteiger partial charge >= 0.3 is 17.2 Å². The van der Waals surface area contributed by atoms with Gasteiger partial charge in [0.05, 0.1) is 17.5 Å². The number of rotatable bonds is 16. The van der Waals surface area contributed by atoms with Crippen LogP contribution in [-0.4, -0.2) is 87.7 Å². The van der Waals surface area contributed by atoms with Crippen LogP contribution in [0.4, 0.5) is 11.4 Å². The number of fused-ring (bicyclic) bond motifs is 4. The van der Waals surface area contributed by atoms with Crippen LogP contribution in [0.5, 0.6) is 0 Å². The molecule has 0 radical (unpaired) electrons. The summed E-state index contributed by atoms with van der Waals surface area (Å²) < 4.78 is 41.9. The number of benzene rings is 3. The molecule has 0 unspecified atom stereocenters. The summed E-state index contributed by atoms with van der Waals surface area (Å²) in [6.45, 7) is 6.49. The van der Waals surface area contributed by atoms with Crippen molar-refractivity contribution in [3.05, 3.63) is 108 Å². The molecule has 366 valence electrons. The van der Waals surface area contributed by atoms with Gasteiger partial charge < -0.3 is 40.1 Å². The Bertz CT molecular complexity index is 3040. The Morgan fingerprint density at radius 3 is 1.90 bits per heavy atom. The number of anilines is 2. The van der Waals surface area contributed by atoms with Gasteiger partial charge in [0.25, 0.3) is 10.1 Å². The molecule has 5 N–H and O–H groups in total. The number of hydrogen-bond acceptors (Lipinski definition) is 15. The zero-order valence-electron chi connectivity index (χ0n) is 38.7. The molecule has 17 nitrogen and oxygen atoms in total. The third-order valence-electron chi connectivity index (χ3n) is 13.1. The number of nitrogens with two attached hydrogens (primary N) is 1. The average molecular weight is 984 g/mol. The van der Waals surface area contributed by atoms with Crippen molar-refractivity contribution >= 4 is 78.8 Å². The number of carbonyl (C=O) groups is 4. The molecule has 4 aliphatic rings. The number of nitrogens with zero attached hydrogens (tertiary/aromatic N) is 2. The summed E-state index contributed by atoms with van der Waals surface area (Å²) in [5.41, 5.74) is 15.3. The number of carboxylic acids is 1. The maximum absolute atomic E-state index is 12.7. The number of hydrogen-bond donors (Lipinski definition) is 4. The van der Waals surface area contributed by atoms with E-state index in [4.69, 9.17) is 23.9 Å². The van der Waals surface area contributed by atoms with Crippen LogP contribution in [0.25, 0.3) is 21.9 Å². The third-order valence-corrected chi connectivity index (χ3v) is 15.5. The molecule has 0 bridgehead atoms. The van der Waals surface area contributed by atoms with Crippen LogP contribution in [0.1, 0.15) is 84.4 Å². The second-order valence-corrected chi connectivity index (χ2v) is 20.7. The zero-order valence-corrected chi connectivity index (χ0v) is 40.4. The van der Waals surface area contributed by atoms with Crippen LogP contribution in [0.2, 0.25) is 0 Å². The van der Waals surface area contributed by atoms with Gasteiger partial charge in [0.1, 0.15) is 29.5 Å². The number of Topliss-reactive ketones (excluding diaryl/α,β-unsaturated/α-hetero) is 1. The van der Waals surface area contributed by atoms with Crippen LogP contribution in [-0.2, 0) is 71.5 Å². The van der Waals surface area contributed by atoms with E-state index in [-0.39, 0.29) is 35.9 Å². The van der Waals surface area contributed by atoms with E-state index in [1.54, 1.807) is 12.1 Å². The fourth-order valence-electron chi connectivity index (χ4n) is 9.74. The molecule has 2 atom stereocenters. The number of aryl methyl sites for hydroxylation is 5. The smallest absolute Gasteiger partial charge is 0.336 e. The van der Waals surface area contributed by atoms with Gasteiger partial charge in [-0.3, -0.25) is 23.4 Å². The lowest BCUT2D eigenvalue weighted by Crippen LogP contribution is -2.49. The monoisotopic (exact) mass is 983 g/mol. The van der Waals surface area contributed by atoms with E-state index >= 15 is 0 Å². The summed E-state index contributed by atoms with van der Waals surface area (Å²) in [4.78, 5) is 77.1. The van der Waals surface area contributed by atoms with Crippen molar-refractivity contribution in [2.45, 2.75) is 107 Å². The van der Waals surface area contributed by atoms with Crippen molar-refractivity contribution in [3.63, 3.8) is 0 Å². The first-order chi connectivity index (χ1) is 33.1. The van der Waals surface area contributed by atoms with Crippen molar-refractivity contribution in [2.75, 3.05) is 48.3 Å². The van der Waals surface area contributed by atoms with E-state index in [0.29, 0.717) is 22.5 Å². The third kappa shape index (κ3) is 11.4. The van der Waals surface area contributed by atoms with E-state index in [9.17, 15) is 37.2 Å². The molecular formula is C50H57N5O12S2. The molecule has 0 fully saturated rings. The molecule has 2 aromatic heterocycles. The molecule has 69 heavy (non-hydrogen) atoms. The summed E-state index contributed by atoms with van der Waals surface area (Å²) in [5, 5.41) is 15.5. The van der Waals surface area contributed by atoms with Gasteiger partial charge in [0.2, 0.25) is 11.8 Å². The first-order valence-electron chi connectivity index (χ1n) is 23.4. The quantitative estimate of drug-likeness (QED) is 0.0765. The molecule has 0 spiro atoms. The summed E-state index contributed by atoms with van der Waals surface area (Å²) in [5.74, 6) is -2.02. The van der Waals surface area contributed by atoms with Gasteiger partial charge in [-0.15, -0.1) is 0 Å². The predicted molar refractivity (Wildman–Crippen MR) is 262 cm³/mol. The highest BCUT2D eigenvalue weighted by Gasteiger charge is 2.30. The molecule has 5 aromatic rings. The number of nitrogens with one attached hydrogen (secondary N) is 2. The number of carboxylic acid groups (broad SMARTS) is 1. The van der Waals surface area contributed by atoms with Crippen molar-refractivity contribution in [1.29, 1.82) is 0 Å². The summed E-state index contributed by atoms with van der Waals surface area (Å²) in [7, 11) is -3.93. The van der Waals surface area contributed by atoms with Crippen LogP contribution in [0.15, 0.2) is 71.8 Å². The van der Waals surface area contributed by atoms with Gasteiger partial charge in [0.15, 0.2) is 0 Å². The average Bonchev–Trinajstić information content (AvgIpc) is 3.32. The summed E-state index contributed by atoms with van der Waals surface area (Å²) >= 11 is 1.34. The highest BCUT2D eigenvalue weighted by molar-refractivity contribution is 7.98.